The van der Waals surface area contributed by atoms with E-state index in [-0.39, 0.29) is 54.4 Å². The van der Waals surface area contributed by atoms with Gasteiger partial charge in [-0.05, 0) is 60.6 Å². The molecule has 206 valence electrons. The Bertz CT molecular complexity index is 1130. The van der Waals surface area contributed by atoms with Gasteiger partial charge in [-0.2, -0.15) is 0 Å². The van der Waals surface area contributed by atoms with E-state index in [2.05, 4.69) is 23.9 Å². The summed E-state index contributed by atoms with van der Waals surface area (Å²) in [5.41, 5.74) is 0.398. The van der Waals surface area contributed by atoms with Crippen molar-refractivity contribution in [1.29, 1.82) is 0 Å². The van der Waals surface area contributed by atoms with Crippen molar-refractivity contribution >= 4 is 15.9 Å². The molecule has 37 heavy (non-hydrogen) atoms. The van der Waals surface area contributed by atoms with Gasteiger partial charge < -0.3 is 29.4 Å². The Morgan fingerprint density at radius 1 is 1.14 bits per heavy atom. The first-order valence-corrected chi connectivity index (χ1v) is 14.9. The van der Waals surface area contributed by atoms with Gasteiger partial charge >= 0.3 is 0 Å². The third-order valence-electron chi connectivity index (χ3n) is 9.08. The summed E-state index contributed by atoms with van der Waals surface area (Å²) in [6.07, 6.45) is 3.18. The number of ether oxygens (including phenoxy) is 4. The molecule has 2 saturated carbocycles. The highest BCUT2D eigenvalue weighted by Crippen LogP contribution is 2.62. The minimum absolute atomic E-state index is 0.0681. The topological polar surface area (TPSA) is 132 Å². The number of nitrogens with one attached hydrogen (secondary N) is 2. The fourth-order valence-corrected chi connectivity index (χ4v) is 7.58. The SMILES string of the molecule is CC12COC(CNS(C)(=O)=O)OC1CCC1(C)C(CC(=O)NCc3ccc4c(c3)OCO4)C(O)CCC21. The standard InChI is InChI=1S/C26H38N2O8S/c1-25-9-8-22-26(2,14-33-24(36-22)13-28-37(3,31)32)21(25)7-5-18(29)17(25)11-23(30)27-12-16-4-6-19-20(10-16)35-15-34-19/h4,6,10,17-18,21-22,24,28-29H,5,7-9,11-15H2,1-3H3,(H,27,30). The molecule has 0 bridgehead atoms. The molecule has 2 aliphatic carbocycles. The number of hydrogen-bond acceptors (Lipinski definition) is 8. The summed E-state index contributed by atoms with van der Waals surface area (Å²) in [5, 5.41) is 14.1. The second-order valence-corrected chi connectivity index (χ2v) is 13.3. The quantitative estimate of drug-likeness (QED) is 0.480. The summed E-state index contributed by atoms with van der Waals surface area (Å²) in [5.74, 6) is 1.33. The van der Waals surface area contributed by atoms with Gasteiger partial charge in [-0.1, -0.05) is 19.9 Å². The van der Waals surface area contributed by atoms with Crippen LogP contribution in [0.4, 0.5) is 0 Å². The molecule has 0 aromatic heterocycles. The van der Waals surface area contributed by atoms with Crippen LogP contribution in [0.3, 0.4) is 0 Å². The Hall–Kier alpha value is -1.92. The number of hydrogen-bond donors (Lipinski definition) is 3. The Morgan fingerprint density at radius 3 is 2.70 bits per heavy atom. The van der Waals surface area contributed by atoms with E-state index in [0.717, 1.165) is 31.1 Å². The van der Waals surface area contributed by atoms with Gasteiger partial charge in [0.25, 0.3) is 0 Å². The highest BCUT2D eigenvalue weighted by Gasteiger charge is 2.61. The number of benzene rings is 1. The van der Waals surface area contributed by atoms with Crippen molar-refractivity contribution in [1.82, 2.24) is 10.0 Å². The van der Waals surface area contributed by atoms with E-state index < -0.39 is 22.4 Å². The van der Waals surface area contributed by atoms with Gasteiger partial charge in [0.2, 0.25) is 22.7 Å². The molecule has 2 heterocycles. The fraction of sp³-hybridized carbons (Fsp3) is 0.731. The van der Waals surface area contributed by atoms with Crippen LogP contribution < -0.4 is 19.5 Å². The number of aliphatic hydroxyl groups excluding tert-OH is 1. The first-order valence-electron chi connectivity index (χ1n) is 13.0. The van der Waals surface area contributed by atoms with E-state index in [1.165, 1.54) is 0 Å². The maximum absolute atomic E-state index is 13.1. The predicted molar refractivity (Wildman–Crippen MR) is 134 cm³/mol. The van der Waals surface area contributed by atoms with Gasteiger partial charge in [0.1, 0.15) is 0 Å². The number of amides is 1. The summed E-state index contributed by atoms with van der Waals surface area (Å²) in [4.78, 5) is 13.1. The lowest BCUT2D eigenvalue weighted by atomic mass is 9.46. The number of fused-ring (bicyclic) bond motifs is 4. The van der Waals surface area contributed by atoms with Crippen LogP contribution >= 0.6 is 0 Å². The molecule has 4 aliphatic rings. The Kier molecular flexibility index (Phi) is 7.21. The van der Waals surface area contributed by atoms with Gasteiger partial charge in [0, 0.05) is 18.4 Å². The zero-order valence-corrected chi connectivity index (χ0v) is 22.5. The molecule has 0 radical (unpaired) electrons. The molecule has 11 heteroatoms. The first-order chi connectivity index (χ1) is 17.5. The molecule has 10 nitrogen and oxygen atoms in total. The lowest BCUT2D eigenvalue weighted by molar-refractivity contribution is -0.305. The first kappa shape index (κ1) is 26.7. The monoisotopic (exact) mass is 538 g/mol. The average molecular weight is 539 g/mol. The van der Waals surface area contributed by atoms with Crippen molar-refractivity contribution < 1.29 is 37.3 Å². The third kappa shape index (κ3) is 5.34. The van der Waals surface area contributed by atoms with Gasteiger partial charge in [-0.25, -0.2) is 13.1 Å². The maximum atomic E-state index is 13.1. The number of carbonyl (C=O) groups excluding carboxylic acids is 1. The molecule has 1 aromatic rings. The molecule has 0 spiro atoms. The Labute approximate surface area is 218 Å². The largest absolute Gasteiger partial charge is 0.454 e. The molecule has 1 amide bonds. The van der Waals surface area contributed by atoms with Crippen molar-refractivity contribution in [2.24, 2.45) is 22.7 Å². The lowest BCUT2D eigenvalue weighted by Crippen LogP contribution is -2.63. The zero-order valence-electron chi connectivity index (χ0n) is 21.7. The van der Waals surface area contributed by atoms with Crippen molar-refractivity contribution in [3.63, 3.8) is 0 Å². The molecule has 3 fully saturated rings. The van der Waals surface area contributed by atoms with Crippen LogP contribution in [-0.4, -0.2) is 64.1 Å². The van der Waals surface area contributed by atoms with Crippen LogP contribution in [0.25, 0.3) is 0 Å². The molecule has 5 rings (SSSR count). The Balaban J connectivity index is 1.23. The number of sulfonamides is 1. The minimum atomic E-state index is -3.33. The molecular weight excluding hydrogens is 500 g/mol. The number of rotatable bonds is 7. The molecule has 1 aromatic carbocycles. The molecule has 7 atom stereocenters. The lowest BCUT2D eigenvalue weighted by Gasteiger charge is -2.63. The van der Waals surface area contributed by atoms with Gasteiger partial charge in [-0.3, -0.25) is 4.79 Å². The number of carbonyl (C=O) groups is 1. The van der Waals surface area contributed by atoms with Crippen LogP contribution in [0.5, 0.6) is 11.5 Å². The smallest absolute Gasteiger partial charge is 0.231 e. The molecule has 1 saturated heterocycles. The second-order valence-electron chi connectivity index (χ2n) is 11.5. The number of aliphatic hydroxyl groups is 1. The normalized spacial score (nSPS) is 36.9. The summed E-state index contributed by atoms with van der Waals surface area (Å²) in [6, 6.07) is 5.62. The van der Waals surface area contributed by atoms with Crippen molar-refractivity contribution in [3.05, 3.63) is 23.8 Å². The maximum Gasteiger partial charge on any atom is 0.231 e. The highest BCUT2D eigenvalue weighted by molar-refractivity contribution is 7.88. The van der Waals surface area contributed by atoms with E-state index in [0.29, 0.717) is 31.1 Å². The average Bonchev–Trinajstić information content (AvgIpc) is 3.31. The summed E-state index contributed by atoms with van der Waals surface area (Å²) < 4.78 is 48.4. The second kappa shape index (κ2) is 10.00. The summed E-state index contributed by atoms with van der Waals surface area (Å²) in [6.45, 7) is 5.50. The fourth-order valence-electron chi connectivity index (χ4n) is 7.14. The summed E-state index contributed by atoms with van der Waals surface area (Å²) in [7, 11) is -3.33. The van der Waals surface area contributed by atoms with Gasteiger partial charge in [0.15, 0.2) is 17.8 Å². The van der Waals surface area contributed by atoms with E-state index >= 15 is 0 Å². The summed E-state index contributed by atoms with van der Waals surface area (Å²) >= 11 is 0. The Morgan fingerprint density at radius 2 is 1.92 bits per heavy atom. The van der Waals surface area contributed by atoms with Crippen LogP contribution in [-0.2, 0) is 30.8 Å². The van der Waals surface area contributed by atoms with E-state index in [9.17, 15) is 18.3 Å². The molecule has 7 unspecified atom stereocenters. The van der Waals surface area contributed by atoms with Crippen molar-refractivity contribution in [2.75, 3.05) is 26.2 Å². The highest BCUT2D eigenvalue weighted by atomic mass is 32.2. The van der Waals surface area contributed by atoms with E-state index in [4.69, 9.17) is 18.9 Å². The van der Waals surface area contributed by atoms with Gasteiger partial charge in [-0.15, -0.1) is 0 Å². The van der Waals surface area contributed by atoms with E-state index in [1.54, 1.807) is 0 Å². The van der Waals surface area contributed by atoms with E-state index in [1.807, 2.05) is 18.2 Å². The van der Waals surface area contributed by atoms with Crippen LogP contribution in [0.2, 0.25) is 0 Å². The molecule has 2 aliphatic heterocycles. The van der Waals surface area contributed by atoms with Crippen molar-refractivity contribution in [2.45, 2.75) is 71.0 Å². The van der Waals surface area contributed by atoms with Crippen molar-refractivity contribution in [3.8, 4) is 11.5 Å². The predicted octanol–water partition coefficient (Wildman–Crippen LogP) is 1.91. The zero-order chi connectivity index (χ0) is 26.4. The minimum Gasteiger partial charge on any atom is -0.454 e. The third-order valence-corrected chi connectivity index (χ3v) is 9.77. The van der Waals surface area contributed by atoms with Crippen LogP contribution in [0.1, 0.15) is 51.5 Å². The van der Waals surface area contributed by atoms with Crippen LogP contribution in [0.15, 0.2) is 18.2 Å². The van der Waals surface area contributed by atoms with Gasteiger partial charge in [0.05, 0.1) is 31.6 Å². The molecule has 3 N–H and O–H groups in total. The van der Waals surface area contributed by atoms with Crippen LogP contribution in [0, 0.1) is 22.7 Å². The molecular formula is C26H38N2O8S.